The molecule has 16 heavy (non-hydrogen) atoms. The van der Waals surface area contributed by atoms with Crippen LogP contribution in [0.4, 0.5) is 4.79 Å². The van der Waals surface area contributed by atoms with Crippen molar-refractivity contribution in [1.82, 2.24) is 10.6 Å². The molecule has 0 aliphatic heterocycles. The van der Waals surface area contributed by atoms with Gasteiger partial charge in [-0.25, -0.2) is 4.79 Å². The minimum Gasteiger partial charge on any atom is -0.396 e. The van der Waals surface area contributed by atoms with Crippen LogP contribution in [0.3, 0.4) is 0 Å². The summed E-state index contributed by atoms with van der Waals surface area (Å²) in [6, 6.07) is -0.843. The molecule has 6 heteroatoms. The maximum atomic E-state index is 11.1. The van der Waals surface area contributed by atoms with E-state index in [1.54, 1.807) is 0 Å². The van der Waals surface area contributed by atoms with Gasteiger partial charge in [-0.15, -0.1) is 0 Å². The molecule has 1 aliphatic rings. The molecule has 0 heterocycles. The van der Waals surface area contributed by atoms with Crippen molar-refractivity contribution in [2.24, 2.45) is 11.1 Å². The van der Waals surface area contributed by atoms with Gasteiger partial charge in [-0.3, -0.25) is 10.1 Å². The van der Waals surface area contributed by atoms with Crippen molar-refractivity contribution >= 4 is 11.9 Å². The van der Waals surface area contributed by atoms with Crippen molar-refractivity contribution in [2.45, 2.75) is 25.7 Å². The van der Waals surface area contributed by atoms with Crippen LogP contribution in [-0.4, -0.2) is 36.7 Å². The Bertz CT molecular complexity index is 262. The largest absolute Gasteiger partial charge is 0.396 e. The highest BCUT2D eigenvalue weighted by atomic mass is 16.3. The third-order valence-corrected chi connectivity index (χ3v) is 3.05. The number of carbonyl (C=O) groups excluding carboxylic acids is 2. The number of nitrogens with one attached hydrogen (secondary N) is 2. The van der Waals surface area contributed by atoms with Crippen molar-refractivity contribution in [3.63, 3.8) is 0 Å². The molecule has 0 unspecified atom stereocenters. The summed E-state index contributed by atoms with van der Waals surface area (Å²) >= 11 is 0. The van der Waals surface area contributed by atoms with Gasteiger partial charge in [-0.2, -0.15) is 0 Å². The molecule has 0 aromatic carbocycles. The molecule has 0 aromatic rings. The lowest BCUT2D eigenvalue weighted by Gasteiger charge is -2.26. The summed E-state index contributed by atoms with van der Waals surface area (Å²) in [5.41, 5.74) is 4.71. The highest BCUT2D eigenvalue weighted by Gasteiger charge is 2.32. The molecule has 0 radical (unpaired) electrons. The Kier molecular flexibility index (Phi) is 4.70. The summed E-state index contributed by atoms with van der Waals surface area (Å²) in [7, 11) is 0. The Balaban J connectivity index is 2.23. The van der Waals surface area contributed by atoms with Crippen LogP contribution in [0.2, 0.25) is 0 Å². The SMILES string of the molecule is NC(=O)NC(=O)CNCC1(CO)CCCC1. The summed E-state index contributed by atoms with van der Waals surface area (Å²) in [6.07, 6.45) is 4.20. The molecule has 0 spiro atoms. The van der Waals surface area contributed by atoms with Crippen molar-refractivity contribution in [3.8, 4) is 0 Å². The molecule has 0 saturated heterocycles. The zero-order valence-corrected chi connectivity index (χ0v) is 9.29. The van der Waals surface area contributed by atoms with Crippen LogP contribution in [0.5, 0.6) is 0 Å². The fourth-order valence-corrected chi connectivity index (χ4v) is 2.14. The summed E-state index contributed by atoms with van der Waals surface area (Å²) < 4.78 is 0. The topological polar surface area (TPSA) is 104 Å². The predicted molar refractivity (Wildman–Crippen MR) is 58.6 cm³/mol. The van der Waals surface area contributed by atoms with Crippen molar-refractivity contribution in [2.75, 3.05) is 19.7 Å². The van der Waals surface area contributed by atoms with Gasteiger partial charge >= 0.3 is 6.03 Å². The van der Waals surface area contributed by atoms with Gasteiger partial charge in [0.1, 0.15) is 0 Å². The van der Waals surface area contributed by atoms with Crippen LogP contribution < -0.4 is 16.4 Å². The van der Waals surface area contributed by atoms with Gasteiger partial charge in [0.25, 0.3) is 0 Å². The highest BCUT2D eigenvalue weighted by Crippen LogP contribution is 2.36. The van der Waals surface area contributed by atoms with Gasteiger partial charge in [0.15, 0.2) is 0 Å². The van der Waals surface area contributed by atoms with Crippen LogP contribution >= 0.6 is 0 Å². The molecular weight excluding hydrogens is 210 g/mol. The average molecular weight is 229 g/mol. The van der Waals surface area contributed by atoms with E-state index in [1.807, 2.05) is 5.32 Å². The Morgan fingerprint density at radius 2 is 1.94 bits per heavy atom. The van der Waals surface area contributed by atoms with E-state index in [0.717, 1.165) is 25.7 Å². The predicted octanol–water partition coefficient (Wildman–Crippen LogP) is -0.676. The number of hydrogen-bond acceptors (Lipinski definition) is 4. The van der Waals surface area contributed by atoms with E-state index in [4.69, 9.17) is 5.73 Å². The lowest BCUT2D eigenvalue weighted by atomic mass is 9.87. The Morgan fingerprint density at radius 3 is 2.44 bits per heavy atom. The van der Waals surface area contributed by atoms with E-state index >= 15 is 0 Å². The van der Waals surface area contributed by atoms with E-state index in [9.17, 15) is 14.7 Å². The normalized spacial score (nSPS) is 18.3. The van der Waals surface area contributed by atoms with Crippen LogP contribution in [0.25, 0.3) is 0 Å². The molecule has 1 aliphatic carbocycles. The van der Waals surface area contributed by atoms with Gasteiger partial charge in [-0.1, -0.05) is 12.8 Å². The Hall–Kier alpha value is -1.14. The van der Waals surface area contributed by atoms with Gasteiger partial charge in [-0.05, 0) is 12.8 Å². The monoisotopic (exact) mass is 229 g/mol. The van der Waals surface area contributed by atoms with Crippen LogP contribution in [0, 0.1) is 5.41 Å². The fraction of sp³-hybridized carbons (Fsp3) is 0.800. The first-order valence-electron chi connectivity index (χ1n) is 5.49. The van der Waals surface area contributed by atoms with Crippen molar-refractivity contribution < 1.29 is 14.7 Å². The number of hydrogen-bond donors (Lipinski definition) is 4. The summed E-state index contributed by atoms with van der Waals surface area (Å²) in [5.74, 6) is -0.446. The van der Waals surface area contributed by atoms with Gasteiger partial charge < -0.3 is 16.2 Å². The zero-order valence-electron chi connectivity index (χ0n) is 9.29. The second-order valence-corrected chi connectivity index (χ2v) is 4.38. The third-order valence-electron chi connectivity index (χ3n) is 3.05. The number of amides is 3. The third kappa shape index (κ3) is 3.79. The van der Waals surface area contributed by atoms with Crippen LogP contribution in [-0.2, 0) is 4.79 Å². The molecule has 0 atom stereocenters. The molecule has 1 saturated carbocycles. The molecule has 5 N–H and O–H groups in total. The first kappa shape index (κ1) is 12.9. The van der Waals surface area contributed by atoms with Gasteiger partial charge in [0.2, 0.25) is 5.91 Å². The Labute approximate surface area is 94.6 Å². The highest BCUT2D eigenvalue weighted by molar-refractivity contribution is 5.94. The lowest BCUT2D eigenvalue weighted by molar-refractivity contribution is -0.119. The number of aliphatic hydroxyl groups excluding tert-OH is 1. The standard InChI is InChI=1S/C10H19N3O3/c11-9(16)13-8(15)5-12-6-10(7-14)3-1-2-4-10/h12,14H,1-7H2,(H3,11,13,15,16). The molecule has 0 bridgehead atoms. The van der Waals surface area contributed by atoms with E-state index in [1.165, 1.54) is 0 Å². The van der Waals surface area contributed by atoms with Crippen LogP contribution in [0.15, 0.2) is 0 Å². The van der Waals surface area contributed by atoms with Crippen molar-refractivity contribution in [1.29, 1.82) is 0 Å². The molecule has 1 rings (SSSR count). The molecular formula is C10H19N3O3. The van der Waals surface area contributed by atoms with E-state index in [-0.39, 0.29) is 18.6 Å². The second-order valence-electron chi connectivity index (χ2n) is 4.38. The summed E-state index contributed by atoms with van der Waals surface area (Å²) in [5, 5.41) is 14.2. The second kappa shape index (κ2) is 5.81. The van der Waals surface area contributed by atoms with Crippen LogP contribution in [0.1, 0.15) is 25.7 Å². The first-order valence-corrected chi connectivity index (χ1v) is 5.49. The number of rotatable bonds is 5. The number of carbonyl (C=O) groups is 2. The number of urea groups is 1. The molecule has 3 amide bonds. The first-order chi connectivity index (χ1) is 7.58. The average Bonchev–Trinajstić information content (AvgIpc) is 2.66. The zero-order chi connectivity index (χ0) is 12.0. The lowest BCUT2D eigenvalue weighted by Crippen LogP contribution is -2.43. The van der Waals surface area contributed by atoms with Crippen molar-refractivity contribution in [3.05, 3.63) is 0 Å². The number of imide groups is 1. The number of nitrogens with two attached hydrogens (primary N) is 1. The maximum absolute atomic E-state index is 11.1. The minimum atomic E-state index is -0.843. The van der Waals surface area contributed by atoms with E-state index < -0.39 is 11.9 Å². The molecule has 1 fully saturated rings. The Morgan fingerprint density at radius 1 is 1.31 bits per heavy atom. The molecule has 92 valence electrons. The molecule has 6 nitrogen and oxygen atoms in total. The summed E-state index contributed by atoms with van der Waals surface area (Å²) in [4.78, 5) is 21.5. The van der Waals surface area contributed by atoms with E-state index in [2.05, 4.69) is 5.32 Å². The maximum Gasteiger partial charge on any atom is 0.318 e. The van der Waals surface area contributed by atoms with Gasteiger partial charge in [0.05, 0.1) is 6.54 Å². The minimum absolute atomic E-state index is 0.0463. The summed E-state index contributed by atoms with van der Waals surface area (Å²) in [6.45, 7) is 0.776. The quantitative estimate of drug-likeness (QED) is 0.501. The smallest absolute Gasteiger partial charge is 0.318 e. The number of primary amides is 1. The fourth-order valence-electron chi connectivity index (χ4n) is 2.14. The van der Waals surface area contributed by atoms with Gasteiger partial charge in [0, 0.05) is 18.6 Å². The van der Waals surface area contributed by atoms with E-state index in [0.29, 0.717) is 6.54 Å². The number of aliphatic hydroxyl groups is 1. The molecule has 0 aromatic heterocycles.